The molecule has 2 aromatic carbocycles. The van der Waals surface area contributed by atoms with Crippen molar-refractivity contribution in [3.63, 3.8) is 0 Å². The minimum atomic E-state index is -4.83. The van der Waals surface area contributed by atoms with Crippen LogP contribution in [0.4, 0.5) is 17.6 Å². The molecule has 0 bridgehead atoms. The van der Waals surface area contributed by atoms with Crippen LogP contribution in [0.25, 0.3) is 11.4 Å². The van der Waals surface area contributed by atoms with Gasteiger partial charge in [-0.25, -0.2) is 9.37 Å². The van der Waals surface area contributed by atoms with Crippen LogP contribution in [-0.2, 0) is 12.7 Å². The first kappa shape index (κ1) is 21.0. The number of nitrogens with one attached hydrogen (secondary N) is 2. The summed E-state index contributed by atoms with van der Waals surface area (Å²) in [5.74, 6) is -3.11. The first-order valence-electron chi connectivity index (χ1n) is 8.60. The standard InChI is InChI=1S/C20H15F4N3O3/c1-10-2-4-11(5-3-10)17-26-15(16(28)19(30)27-17)18(29)25-9-12-6-7-13(21)8-14(12)20(22,23)24/h2-8,28H,9H2,1H3,(H,25,29)(H,26,27,30). The lowest BCUT2D eigenvalue weighted by Crippen LogP contribution is -2.27. The number of aromatic nitrogens is 2. The van der Waals surface area contributed by atoms with Crippen LogP contribution < -0.4 is 10.9 Å². The molecule has 156 valence electrons. The third kappa shape index (κ3) is 4.48. The number of H-pyrrole nitrogens is 1. The Labute approximate surface area is 167 Å². The number of hydrogen-bond acceptors (Lipinski definition) is 4. The number of carbonyl (C=O) groups is 1. The van der Waals surface area contributed by atoms with Gasteiger partial charge in [0.05, 0.1) is 5.56 Å². The van der Waals surface area contributed by atoms with E-state index in [2.05, 4.69) is 15.3 Å². The summed E-state index contributed by atoms with van der Waals surface area (Å²) in [6, 6.07) is 8.81. The van der Waals surface area contributed by atoms with E-state index in [1.165, 1.54) is 0 Å². The molecule has 6 nitrogen and oxygen atoms in total. The monoisotopic (exact) mass is 421 g/mol. The number of benzene rings is 2. The van der Waals surface area contributed by atoms with Gasteiger partial charge in [0, 0.05) is 12.1 Å². The van der Waals surface area contributed by atoms with Gasteiger partial charge in [-0.05, 0) is 24.6 Å². The van der Waals surface area contributed by atoms with Crippen LogP contribution in [0.3, 0.4) is 0 Å². The summed E-state index contributed by atoms with van der Waals surface area (Å²) < 4.78 is 52.5. The summed E-state index contributed by atoms with van der Waals surface area (Å²) in [7, 11) is 0. The van der Waals surface area contributed by atoms with Crippen LogP contribution in [0.2, 0.25) is 0 Å². The highest BCUT2D eigenvalue weighted by atomic mass is 19.4. The number of amides is 1. The molecule has 1 amide bonds. The van der Waals surface area contributed by atoms with Crippen LogP contribution in [0.15, 0.2) is 47.3 Å². The van der Waals surface area contributed by atoms with Crippen molar-refractivity contribution in [2.75, 3.05) is 0 Å². The Balaban J connectivity index is 1.90. The molecule has 3 aromatic rings. The van der Waals surface area contributed by atoms with Crippen molar-refractivity contribution < 1.29 is 27.5 Å². The van der Waals surface area contributed by atoms with Crippen molar-refractivity contribution in [2.24, 2.45) is 0 Å². The van der Waals surface area contributed by atoms with Gasteiger partial charge in [0.25, 0.3) is 11.5 Å². The van der Waals surface area contributed by atoms with Crippen molar-refractivity contribution in [1.82, 2.24) is 15.3 Å². The summed E-state index contributed by atoms with van der Waals surface area (Å²) >= 11 is 0. The molecule has 0 fully saturated rings. The number of hydrogen-bond donors (Lipinski definition) is 3. The highest BCUT2D eigenvalue weighted by molar-refractivity contribution is 5.95. The Morgan fingerprint density at radius 1 is 1.17 bits per heavy atom. The maximum atomic E-state index is 13.2. The normalized spacial score (nSPS) is 11.4. The zero-order valence-corrected chi connectivity index (χ0v) is 15.5. The number of nitrogens with zero attached hydrogens (tertiary/aromatic N) is 1. The quantitative estimate of drug-likeness (QED) is 0.562. The van der Waals surface area contributed by atoms with Crippen molar-refractivity contribution in [2.45, 2.75) is 19.6 Å². The zero-order chi connectivity index (χ0) is 22.1. The van der Waals surface area contributed by atoms with E-state index in [0.29, 0.717) is 11.6 Å². The lowest BCUT2D eigenvalue weighted by atomic mass is 10.1. The van der Waals surface area contributed by atoms with E-state index >= 15 is 0 Å². The molecule has 0 aliphatic rings. The molecule has 3 N–H and O–H groups in total. The van der Waals surface area contributed by atoms with Gasteiger partial charge in [-0.3, -0.25) is 9.59 Å². The smallest absolute Gasteiger partial charge is 0.416 e. The van der Waals surface area contributed by atoms with Gasteiger partial charge in [0.2, 0.25) is 5.75 Å². The predicted molar refractivity (Wildman–Crippen MR) is 99.3 cm³/mol. The van der Waals surface area contributed by atoms with Gasteiger partial charge in [-0.15, -0.1) is 0 Å². The SMILES string of the molecule is Cc1ccc(-c2nc(C(=O)NCc3ccc(F)cc3C(F)(F)F)c(O)c(=O)[nH]2)cc1. The van der Waals surface area contributed by atoms with Crippen molar-refractivity contribution >= 4 is 5.91 Å². The van der Waals surface area contributed by atoms with Gasteiger partial charge in [-0.1, -0.05) is 35.9 Å². The molecule has 0 saturated heterocycles. The van der Waals surface area contributed by atoms with Crippen LogP contribution in [0.5, 0.6) is 5.75 Å². The molecule has 0 aliphatic carbocycles. The van der Waals surface area contributed by atoms with Gasteiger partial charge in [-0.2, -0.15) is 13.2 Å². The lowest BCUT2D eigenvalue weighted by molar-refractivity contribution is -0.138. The molecular formula is C20H15F4N3O3. The second kappa shape index (κ2) is 7.97. The molecule has 1 aromatic heterocycles. The molecule has 0 aliphatic heterocycles. The highest BCUT2D eigenvalue weighted by Crippen LogP contribution is 2.32. The molecule has 1 heterocycles. The first-order chi connectivity index (χ1) is 14.1. The molecule has 0 saturated carbocycles. The number of halogens is 4. The molecule has 3 rings (SSSR count). The van der Waals surface area contributed by atoms with Gasteiger partial charge < -0.3 is 15.4 Å². The molecule has 0 radical (unpaired) electrons. The first-order valence-corrected chi connectivity index (χ1v) is 8.60. The molecule has 0 spiro atoms. The number of carbonyl (C=O) groups excluding carboxylic acids is 1. The van der Waals surface area contributed by atoms with E-state index in [1.807, 2.05) is 6.92 Å². The molecule has 0 atom stereocenters. The van der Waals surface area contributed by atoms with Crippen LogP contribution in [-0.4, -0.2) is 21.0 Å². The number of alkyl halides is 3. The number of aromatic hydroxyl groups is 1. The summed E-state index contributed by atoms with van der Waals surface area (Å²) in [6.07, 6.45) is -4.83. The maximum Gasteiger partial charge on any atom is 0.416 e. The van der Waals surface area contributed by atoms with Crippen molar-refractivity contribution in [1.29, 1.82) is 0 Å². The minimum absolute atomic E-state index is 0.000660. The summed E-state index contributed by atoms with van der Waals surface area (Å²) in [5.41, 5.74) is -1.86. The topological polar surface area (TPSA) is 95.1 Å². The molecule has 30 heavy (non-hydrogen) atoms. The molecular weight excluding hydrogens is 406 g/mol. The Morgan fingerprint density at radius 3 is 2.47 bits per heavy atom. The zero-order valence-electron chi connectivity index (χ0n) is 15.5. The van der Waals surface area contributed by atoms with E-state index in [0.717, 1.165) is 17.7 Å². The third-order valence-corrected chi connectivity index (χ3v) is 4.25. The fourth-order valence-corrected chi connectivity index (χ4v) is 2.70. The Hall–Kier alpha value is -3.69. The minimum Gasteiger partial charge on any atom is -0.501 e. The molecule has 0 unspecified atom stereocenters. The Bertz CT molecular complexity index is 1160. The van der Waals surface area contributed by atoms with Crippen LogP contribution in [0, 0.1) is 12.7 Å². The fraction of sp³-hybridized carbons (Fsp3) is 0.150. The van der Waals surface area contributed by atoms with E-state index in [1.54, 1.807) is 24.3 Å². The average molecular weight is 421 g/mol. The third-order valence-electron chi connectivity index (χ3n) is 4.25. The van der Waals surface area contributed by atoms with Gasteiger partial charge in [0.1, 0.15) is 11.6 Å². The lowest BCUT2D eigenvalue weighted by Gasteiger charge is -2.14. The van der Waals surface area contributed by atoms with Crippen LogP contribution in [0.1, 0.15) is 27.2 Å². The van der Waals surface area contributed by atoms with E-state index in [9.17, 15) is 32.3 Å². The summed E-state index contributed by atoms with van der Waals surface area (Å²) in [4.78, 5) is 30.7. The van der Waals surface area contributed by atoms with Crippen LogP contribution >= 0.6 is 0 Å². The maximum absolute atomic E-state index is 13.2. The van der Waals surface area contributed by atoms with Crippen molar-refractivity contribution in [3.8, 4) is 17.1 Å². The summed E-state index contributed by atoms with van der Waals surface area (Å²) in [6.45, 7) is 1.22. The largest absolute Gasteiger partial charge is 0.501 e. The van der Waals surface area contributed by atoms with E-state index < -0.39 is 47.0 Å². The van der Waals surface area contributed by atoms with Gasteiger partial charge >= 0.3 is 6.18 Å². The fourth-order valence-electron chi connectivity index (χ4n) is 2.70. The number of aryl methyl sites for hydroxylation is 1. The second-order valence-electron chi connectivity index (χ2n) is 6.46. The highest BCUT2D eigenvalue weighted by Gasteiger charge is 2.34. The van der Waals surface area contributed by atoms with Gasteiger partial charge in [0.15, 0.2) is 5.69 Å². The van der Waals surface area contributed by atoms with E-state index in [-0.39, 0.29) is 11.4 Å². The Morgan fingerprint density at radius 2 is 1.83 bits per heavy atom. The predicted octanol–water partition coefficient (Wildman–Crippen LogP) is 3.54. The summed E-state index contributed by atoms with van der Waals surface area (Å²) in [5, 5.41) is 12.1. The second-order valence-corrected chi connectivity index (χ2v) is 6.46. The number of rotatable bonds is 4. The molecule has 10 heteroatoms. The number of aromatic amines is 1. The van der Waals surface area contributed by atoms with E-state index in [4.69, 9.17) is 0 Å². The van der Waals surface area contributed by atoms with Crippen molar-refractivity contribution in [3.05, 3.63) is 81.0 Å². The average Bonchev–Trinajstić information content (AvgIpc) is 2.68. The Kier molecular flexibility index (Phi) is 5.59.